The molecule has 2 heterocycles. The molecule has 2 aromatic rings. The zero-order valence-electron chi connectivity index (χ0n) is 11.8. The van der Waals surface area contributed by atoms with Gasteiger partial charge < -0.3 is 5.32 Å². The highest BCUT2D eigenvalue weighted by molar-refractivity contribution is 7.10. The summed E-state index contributed by atoms with van der Waals surface area (Å²) in [6.45, 7) is 4.92. The zero-order chi connectivity index (χ0) is 14.2. The predicted molar refractivity (Wildman–Crippen MR) is 80.2 cm³/mol. The number of H-pyrrole nitrogens is 1. The smallest absolute Gasteiger partial charge is 0.254 e. The minimum Gasteiger partial charge on any atom is -0.351 e. The van der Waals surface area contributed by atoms with E-state index in [1.54, 1.807) is 17.5 Å². The fourth-order valence-electron chi connectivity index (χ4n) is 2.31. The first-order valence-corrected chi connectivity index (χ1v) is 7.81. The van der Waals surface area contributed by atoms with Gasteiger partial charge in [-0.15, -0.1) is 11.3 Å². The molecule has 2 aromatic heterocycles. The van der Waals surface area contributed by atoms with Crippen molar-refractivity contribution in [1.82, 2.24) is 15.5 Å². The number of amides is 1. The van der Waals surface area contributed by atoms with E-state index in [9.17, 15) is 4.79 Å². The Morgan fingerprint density at radius 1 is 1.55 bits per heavy atom. The number of nitrogens with one attached hydrogen (secondary N) is 2. The summed E-state index contributed by atoms with van der Waals surface area (Å²) in [5, 5.41) is 12.1. The molecule has 0 aromatic carbocycles. The molecule has 1 saturated carbocycles. The monoisotopic (exact) mass is 289 g/mol. The molecule has 1 fully saturated rings. The van der Waals surface area contributed by atoms with Crippen LogP contribution in [0.2, 0.25) is 0 Å². The number of aromatic amines is 1. The van der Waals surface area contributed by atoms with Gasteiger partial charge in [0, 0.05) is 22.8 Å². The van der Waals surface area contributed by atoms with Crippen LogP contribution < -0.4 is 5.32 Å². The molecule has 0 saturated heterocycles. The molecule has 0 atom stereocenters. The van der Waals surface area contributed by atoms with Crippen LogP contribution in [0, 0.1) is 0 Å². The van der Waals surface area contributed by atoms with Crippen molar-refractivity contribution in [3.8, 4) is 0 Å². The largest absolute Gasteiger partial charge is 0.351 e. The van der Waals surface area contributed by atoms with Gasteiger partial charge in [0.2, 0.25) is 0 Å². The fourth-order valence-corrected chi connectivity index (χ4v) is 3.16. The molecule has 0 unspecified atom stereocenters. The lowest BCUT2D eigenvalue weighted by Crippen LogP contribution is -2.36. The summed E-state index contributed by atoms with van der Waals surface area (Å²) in [5.74, 6) is 0.480. The molecule has 1 amide bonds. The van der Waals surface area contributed by atoms with E-state index in [1.807, 2.05) is 6.07 Å². The number of hydrogen-bond donors (Lipinski definition) is 2. The Hall–Kier alpha value is -1.62. The Labute approximate surface area is 122 Å². The fraction of sp³-hybridized carbons (Fsp3) is 0.467. The molecule has 2 N–H and O–H groups in total. The van der Waals surface area contributed by atoms with Gasteiger partial charge in [-0.2, -0.15) is 5.10 Å². The van der Waals surface area contributed by atoms with E-state index in [2.05, 4.69) is 40.8 Å². The number of rotatable bonds is 5. The summed E-state index contributed by atoms with van der Waals surface area (Å²) >= 11 is 1.73. The van der Waals surface area contributed by atoms with Crippen molar-refractivity contribution in [1.29, 1.82) is 0 Å². The van der Waals surface area contributed by atoms with E-state index in [0.717, 1.165) is 18.5 Å². The maximum atomic E-state index is 12.3. The Balaban J connectivity index is 1.66. The molecule has 0 radical (unpaired) electrons. The van der Waals surface area contributed by atoms with Gasteiger partial charge in [0.15, 0.2) is 0 Å². The van der Waals surface area contributed by atoms with Crippen LogP contribution in [-0.4, -0.2) is 22.6 Å². The van der Waals surface area contributed by atoms with Crippen molar-refractivity contribution in [2.75, 3.05) is 6.54 Å². The number of aromatic nitrogens is 2. The summed E-state index contributed by atoms with van der Waals surface area (Å²) in [7, 11) is 0. The van der Waals surface area contributed by atoms with Gasteiger partial charge in [-0.1, -0.05) is 19.9 Å². The van der Waals surface area contributed by atoms with Gasteiger partial charge in [0.25, 0.3) is 5.91 Å². The van der Waals surface area contributed by atoms with E-state index in [-0.39, 0.29) is 11.3 Å². The van der Waals surface area contributed by atoms with Gasteiger partial charge in [-0.3, -0.25) is 9.89 Å². The topological polar surface area (TPSA) is 57.8 Å². The lowest BCUT2D eigenvalue weighted by Gasteiger charge is -2.23. The highest BCUT2D eigenvalue weighted by Crippen LogP contribution is 2.40. The van der Waals surface area contributed by atoms with Crippen molar-refractivity contribution in [3.05, 3.63) is 39.8 Å². The van der Waals surface area contributed by atoms with Crippen LogP contribution in [0.15, 0.2) is 23.7 Å². The van der Waals surface area contributed by atoms with Crippen molar-refractivity contribution >= 4 is 17.2 Å². The molecule has 106 valence electrons. The second-order valence-electron chi connectivity index (χ2n) is 6.02. The lowest BCUT2D eigenvalue weighted by molar-refractivity contribution is 0.0945. The minimum atomic E-state index is -0.0483. The van der Waals surface area contributed by atoms with E-state index in [1.165, 1.54) is 4.88 Å². The quantitative estimate of drug-likeness (QED) is 0.888. The Kier molecular flexibility index (Phi) is 3.38. The van der Waals surface area contributed by atoms with Gasteiger partial charge in [0.05, 0.1) is 17.5 Å². The molecule has 1 aliphatic rings. The van der Waals surface area contributed by atoms with Crippen LogP contribution in [0.25, 0.3) is 0 Å². The third-order valence-electron chi connectivity index (χ3n) is 3.78. The molecule has 0 spiro atoms. The van der Waals surface area contributed by atoms with E-state index >= 15 is 0 Å². The van der Waals surface area contributed by atoms with Gasteiger partial charge in [0.1, 0.15) is 0 Å². The second-order valence-corrected chi connectivity index (χ2v) is 6.96. The lowest BCUT2D eigenvalue weighted by atomic mass is 9.91. The summed E-state index contributed by atoms with van der Waals surface area (Å²) < 4.78 is 0. The molecule has 3 rings (SSSR count). The average Bonchev–Trinajstić information content (AvgIpc) is 2.96. The highest BCUT2D eigenvalue weighted by Gasteiger charge is 2.30. The Morgan fingerprint density at radius 2 is 2.35 bits per heavy atom. The van der Waals surface area contributed by atoms with Crippen molar-refractivity contribution in [3.63, 3.8) is 0 Å². The maximum Gasteiger partial charge on any atom is 0.254 e. The van der Waals surface area contributed by atoms with Crippen LogP contribution in [0.4, 0.5) is 0 Å². The third kappa shape index (κ3) is 2.63. The van der Waals surface area contributed by atoms with Crippen molar-refractivity contribution < 1.29 is 4.79 Å². The van der Waals surface area contributed by atoms with Crippen LogP contribution >= 0.6 is 11.3 Å². The van der Waals surface area contributed by atoms with Gasteiger partial charge in [-0.25, -0.2) is 0 Å². The van der Waals surface area contributed by atoms with Crippen molar-refractivity contribution in [2.45, 2.75) is 38.0 Å². The highest BCUT2D eigenvalue weighted by atomic mass is 32.1. The maximum absolute atomic E-state index is 12.3. The standard InChI is InChI=1S/C15H19N3OS/c1-15(2,12-4-3-7-20-12)9-16-14(19)11-8-17-18-13(11)10-5-6-10/h3-4,7-8,10H,5-6,9H2,1-2H3,(H,16,19)(H,17,18). The van der Waals surface area contributed by atoms with Gasteiger partial charge >= 0.3 is 0 Å². The van der Waals surface area contributed by atoms with Crippen LogP contribution in [0.5, 0.6) is 0 Å². The number of hydrogen-bond acceptors (Lipinski definition) is 3. The minimum absolute atomic E-state index is 0.0229. The Bertz CT molecular complexity index is 596. The van der Waals surface area contributed by atoms with E-state index in [4.69, 9.17) is 0 Å². The zero-order valence-corrected chi connectivity index (χ0v) is 12.6. The molecule has 1 aliphatic carbocycles. The normalized spacial score (nSPS) is 15.3. The molecule has 20 heavy (non-hydrogen) atoms. The average molecular weight is 289 g/mol. The molecule has 0 aliphatic heterocycles. The first-order chi connectivity index (χ1) is 9.58. The third-order valence-corrected chi connectivity index (χ3v) is 5.01. The molecule has 4 nitrogen and oxygen atoms in total. The van der Waals surface area contributed by atoms with Gasteiger partial charge in [-0.05, 0) is 24.3 Å². The number of thiophene rings is 1. The summed E-state index contributed by atoms with van der Waals surface area (Å²) in [5.41, 5.74) is 1.65. The first kappa shape index (κ1) is 13.4. The number of carbonyl (C=O) groups is 1. The molecular weight excluding hydrogens is 270 g/mol. The van der Waals surface area contributed by atoms with Crippen LogP contribution in [0.1, 0.15) is 53.5 Å². The SMILES string of the molecule is CC(C)(CNC(=O)c1cn[nH]c1C1CC1)c1cccs1. The number of carbonyl (C=O) groups excluding carboxylic acids is 1. The summed E-state index contributed by atoms with van der Waals surface area (Å²) in [6.07, 6.45) is 3.95. The predicted octanol–water partition coefficient (Wildman–Crippen LogP) is 3.06. The number of nitrogens with zero attached hydrogens (tertiary/aromatic N) is 1. The van der Waals surface area contributed by atoms with E-state index in [0.29, 0.717) is 18.0 Å². The second kappa shape index (κ2) is 5.05. The summed E-state index contributed by atoms with van der Waals surface area (Å²) in [6, 6.07) is 4.16. The summed E-state index contributed by atoms with van der Waals surface area (Å²) in [4.78, 5) is 13.6. The molecule has 5 heteroatoms. The first-order valence-electron chi connectivity index (χ1n) is 6.93. The van der Waals surface area contributed by atoms with Crippen LogP contribution in [0.3, 0.4) is 0 Å². The Morgan fingerprint density at radius 3 is 3.00 bits per heavy atom. The van der Waals surface area contributed by atoms with Crippen LogP contribution in [-0.2, 0) is 5.41 Å². The molecular formula is C15H19N3OS. The van der Waals surface area contributed by atoms with Crippen molar-refractivity contribution in [2.24, 2.45) is 0 Å². The van der Waals surface area contributed by atoms with E-state index < -0.39 is 0 Å². The molecule has 0 bridgehead atoms.